The second kappa shape index (κ2) is 1.82. The number of hydrogen-bond acceptors (Lipinski definition) is 1. The van der Waals surface area contributed by atoms with Gasteiger partial charge in [0, 0.05) is 0 Å². The van der Waals surface area contributed by atoms with E-state index in [1.807, 2.05) is 0 Å². The summed E-state index contributed by atoms with van der Waals surface area (Å²) in [6.45, 7) is 0. The van der Waals surface area contributed by atoms with Gasteiger partial charge in [-0.25, -0.2) is 0 Å². The number of rotatable bonds is 0. The van der Waals surface area contributed by atoms with E-state index in [0.717, 1.165) is 24.7 Å². The Hall–Kier alpha value is -0.0400. The number of hydrogen-bond donors (Lipinski definition) is 1. The molecule has 0 aromatic carbocycles. The molecular formula is C10H16O. The Kier molecular flexibility index (Phi) is 1.07. The van der Waals surface area contributed by atoms with Crippen molar-refractivity contribution < 1.29 is 5.11 Å². The van der Waals surface area contributed by atoms with Gasteiger partial charge in [-0.05, 0) is 55.8 Å². The number of aliphatic hydroxyl groups is 1. The molecule has 0 aromatic heterocycles. The lowest BCUT2D eigenvalue weighted by molar-refractivity contribution is 0.146. The zero-order valence-electron chi connectivity index (χ0n) is 6.92. The van der Waals surface area contributed by atoms with Gasteiger partial charge in [-0.3, -0.25) is 0 Å². The highest BCUT2D eigenvalue weighted by molar-refractivity contribution is 5.07. The largest absolute Gasteiger partial charge is 0.393 e. The van der Waals surface area contributed by atoms with Crippen molar-refractivity contribution in [3.05, 3.63) is 0 Å². The lowest BCUT2D eigenvalue weighted by atomic mass is 9.81. The van der Waals surface area contributed by atoms with Crippen LogP contribution in [0, 0.1) is 17.3 Å². The Morgan fingerprint density at radius 3 is 2.55 bits per heavy atom. The van der Waals surface area contributed by atoms with Crippen molar-refractivity contribution >= 4 is 0 Å². The molecule has 3 rings (SSSR count). The summed E-state index contributed by atoms with van der Waals surface area (Å²) in [7, 11) is 0. The summed E-state index contributed by atoms with van der Waals surface area (Å²) in [5.74, 6) is 1.93. The predicted octanol–water partition coefficient (Wildman–Crippen LogP) is 1.95. The van der Waals surface area contributed by atoms with E-state index in [1.54, 1.807) is 0 Å². The molecule has 2 atom stereocenters. The molecule has 3 saturated carbocycles. The fourth-order valence-electron chi connectivity index (χ4n) is 4.13. The van der Waals surface area contributed by atoms with Crippen LogP contribution in [0.5, 0.6) is 0 Å². The lowest BCUT2D eigenvalue weighted by Gasteiger charge is -2.24. The van der Waals surface area contributed by atoms with Gasteiger partial charge in [-0.15, -0.1) is 0 Å². The van der Waals surface area contributed by atoms with Crippen molar-refractivity contribution in [2.75, 3.05) is 0 Å². The fraction of sp³-hybridized carbons (Fsp3) is 1.00. The average Bonchev–Trinajstić information content (AvgIpc) is 2.50. The first-order valence-corrected chi connectivity index (χ1v) is 4.98. The molecule has 0 spiro atoms. The summed E-state index contributed by atoms with van der Waals surface area (Å²) in [5, 5.41) is 9.55. The van der Waals surface area contributed by atoms with E-state index in [9.17, 15) is 5.11 Å². The summed E-state index contributed by atoms with van der Waals surface area (Å²) in [6.07, 6.45) is 8.12. The standard InChI is InChI=1S/C10H16O/c11-8-5-9-7-1-3-10(9,6-8)4-2-7/h7-9,11H,1-6H2/t7?,8-,9-,10?/m1/s1. The van der Waals surface area contributed by atoms with Crippen LogP contribution in [0.1, 0.15) is 38.5 Å². The molecule has 0 amide bonds. The van der Waals surface area contributed by atoms with Crippen LogP contribution in [-0.4, -0.2) is 11.2 Å². The summed E-state index contributed by atoms with van der Waals surface area (Å²) in [4.78, 5) is 0. The molecule has 1 nitrogen and oxygen atoms in total. The molecule has 1 N–H and O–H groups in total. The molecule has 1 heteroatoms. The first-order chi connectivity index (χ1) is 5.30. The Morgan fingerprint density at radius 2 is 1.91 bits per heavy atom. The van der Waals surface area contributed by atoms with Gasteiger partial charge in [0.25, 0.3) is 0 Å². The van der Waals surface area contributed by atoms with Crippen molar-refractivity contribution in [2.24, 2.45) is 17.3 Å². The average molecular weight is 152 g/mol. The quantitative estimate of drug-likeness (QED) is 0.562. The molecule has 0 unspecified atom stereocenters. The monoisotopic (exact) mass is 152 g/mol. The van der Waals surface area contributed by atoms with E-state index in [2.05, 4.69) is 0 Å². The van der Waals surface area contributed by atoms with Gasteiger partial charge in [0.15, 0.2) is 0 Å². The minimum absolute atomic E-state index is 0.0584. The molecule has 2 bridgehead atoms. The van der Waals surface area contributed by atoms with Crippen LogP contribution in [0.2, 0.25) is 0 Å². The minimum Gasteiger partial charge on any atom is -0.393 e. The van der Waals surface area contributed by atoms with Crippen molar-refractivity contribution in [1.82, 2.24) is 0 Å². The summed E-state index contributed by atoms with van der Waals surface area (Å²) < 4.78 is 0. The first-order valence-electron chi connectivity index (χ1n) is 4.98. The van der Waals surface area contributed by atoms with E-state index in [0.29, 0.717) is 5.41 Å². The highest BCUT2D eigenvalue weighted by Gasteiger charge is 2.57. The van der Waals surface area contributed by atoms with Crippen molar-refractivity contribution in [1.29, 1.82) is 0 Å². The van der Waals surface area contributed by atoms with Gasteiger partial charge in [0.05, 0.1) is 6.10 Å². The normalized spacial score (nSPS) is 60.3. The van der Waals surface area contributed by atoms with Crippen LogP contribution in [0.3, 0.4) is 0 Å². The molecule has 3 fully saturated rings. The van der Waals surface area contributed by atoms with Crippen molar-refractivity contribution in [3.8, 4) is 0 Å². The summed E-state index contributed by atoms with van der Waals surface area (Å²) in [6, 6.07) is 0. The van der Waals surface area contributed by atoms with Crippen LogP contribution in [0.15, 0.2) is 0 Å². The lowest BCUT2D eigenvalue weighted by Crippen LogP contribution is -2.16. The molecule has 0 heterocycles. The summed E-state index contributed by atoms with van der Waals surface area (Å²) >= 11 is 0. The second-order valence-electron chi connectivity index (χ2n) is 4.90. The van der Waals surface area contributed by atoms with Gasteiger partial charge in [0.1, 0.15) is 0 Å². The Labute approximate surface area is 67.8 Å². The molecule has 0 radical (unpaired) electrons. The molecule has 11 heavy (non-hydrogen) atoms. The third-order valence-electron chi connectivity index (χ3n) is 4.55. The van der Waals surface area contributed by atoms with Crippen molar-refractivity contribution in [3.63, 3.8) is 0 Å². The Bertz CT molecular complexity index is 179. The number of aliphatic hydroxyl groups excluding tert-OH is 1. The van der Waals surface area contributed by atoms with E-state index >= 15 is 0 Å². The molecule has 3 aliphatic carbocycles. The third kappa shape index (κ3) is 0.658. The van der Waals surface area contributed by atoms with Crippen LogP contribution >= 0.6 is 0 Å². The zero-order valence-corrected chi connectivity index (χ0v) is 6.92. The van der Waals surface area contributed by atoms with E-state index in [1.165, 1.54) is 25.7 Å². The van der Waals surface area contributed by atoms with Crippen molar-refractivity contribution in [2.45, 2.75) is 44.6 Å². The van der Waals surface area contributed by atoms with Crippen LogP contribution in [0.25, 0.3) is 0 Å². The highest BCUT2D eigenvalue weighted by Crippen LogP contribution is 2.65. The molecule has 3 aliphatic rings. The van der Waals surface area contributed by atoms with Gasteiger partial charge >= 0.3 is 0 Å². The fourth-order valence-corrected chi connectivity index (χ4v) is 4.13. The molecular weight excluding hydrogens is 136 g/mol. The smallest absolute Gasteiger partial charge is 0.0548 e. The minimum atomic E-state index is 0.0584. The third-order valence-corrected chi connectivity index (χ3v) is 4.55. The van der Waals surface area contributed by atoms with Crippen LogP contribution in [0.4, 0.5) is 0 Å². The summed E-state index contributed by atoms with van der Waals surface area (Å²) in [5.41, 5.74) is 0.643. The van der Waals surface area contributed by atoms with E-state index < -0.39 is 0 Å². The Morgan fingerprint density at radius 1 is 1.18 bits per heavy atom. The van der Waals surface area contributed by atoms with Crippen LogP contribution < -0.4 is 0 Å². The maximum Gasteiger partial charge on any atom is 0.0548 e. The van der Waals surface area contributed by atoms with Gasteiger partial charge in [0.2, 0.25) is 0 Å². The maximum absolute atomic E-state index is 9.55. The highest BCUT2D eigenvalue weighted by atomic mass is 16.3. The maximum atomic E-state index is 9.55. The van der Waals surface area contributed by atoms with E-state index in [4.69, 9.17) is 0 Å². The first kappa shape index (κ1) is 6.47. The predicted molar refractivity (Wildman–Crippen MR) is 43.1 cm³/mol. The molecule has 0 aliphatic heterocycles. The Balaban J connectivity index is 1.96. The van der Waals surface area contributed by atoms with E-state index in [-0.39, 0.29) is 6.10 Å². The zero-order chi connectivity index (χ0) is 7.47. The second-order valence-corrected chi connectivity index (χ2v) is 4.90. The SMILES string of the molecule is O[C@@H]1C[C@@H]2C3CCC2(CC3)C1. The molecule has 0 saturated heterocycles. The molecule has 0 aromatic rings. The molecule has 62 valence electrons. The van der Waals surface area contributed by atoms with Gasteiger partial charge < -0.3 is 5.11 Å². The van der Waals surface area contributed by atoms with Gasteiger partial charge in [-0.2, -0.15) is 0 Å². The van der Waals surface area contributed by atoms with Crippen LogP contribution in [-0.2, 0) is 0 Å². The van der Waals surface area contributed by atoms with Gasteiger partial charge in [-0.1, -0.05) is 0 Å². The topological polar surface area (TPSA) is 20.2 Å².